The third kappa shape index (κ3) is 5.03. The van der Waals surface area contributed by atoms with E-state index in [-0.39, 0.29) is 11.3 Å². The lowest BCUT2D eigenvalue weighted by Gasteiger charge is -2.12. The van der Waals surface area contributed by atoms with Crippen LogP contribution in [0.1, 0.15) is 35.7 Å². The van der Waals surface area contributed by atoms with Crippen LogP contribution in [0.15, 0.2) is 24.3 Å². The molecule has 6 heteroatoms. The van der Waals surface area contributed by atoms with Gasteiger partial charge in [0.2, 0.25) is 10.0 Å². The highest BCUT2D eigenvalue weighted by Crippen LogP contribution is 2.09. The molecule has 1 atom stereocenters. The molecule has 0 saturated heterocycles. The quantitative estimate of drug-likeness (QED) is 0.749. The van der Waals surface area contributed by atoms with Gasteiger partial charge in [-0.3, -0.25) is 0 Å². The number of hydrogen-bond acceptors (Lipinski definition) is 3. The summed E-state index contributed by atoms with van der Waals surface area (Å²) in [5.41, 5.74) is 0.626. The molecule has 0 aliphatic rings. The van der Waals surface area contributed by atoms with Crippen molar-refractivity contribution in [1.29, 1.82) is 0 Å². The summed E-state index contributed by atoms with van der Waals surface area (Å²) in [6, 6.07) is 5.19. The maximum atomic E-state index is 11.9. The third-order valence-corrected chi connectivity index (χ3v) is 4.01. The molecule has 0 saturated carbocycles. The van der Waals surface area contributed by atoms with Crippen molar-refractivity contribution in [3.63, 3.8) is 0 Å². The second kappa shape index (κ2) is 7.08. The number of terminal acetylenes is 1. The van der Waals surface area contributed by atoms with Gasteiger partial charge in [-0.05, 0) is 24.1 Å². The van der Waals surface area contributed by atoms with E-state index >= 15 is 0 Å². The van der Waals surface area contributed by atoms with E-state index in [4.69, 9.17) is 11.5 Å². The second-order valence-electron chi connectivity index (χ2n) is 4.39. The molecule has 108 valence electrons. The molecule has 5 nitrogen and oxygen atoms in total. The largest absolute Gasteiger partial charge is 0.478 e. The summed E-state index contributed by atoms with van der Waals surface area (Å²) in [6.45, 7) is 1.92. The predicted octanol–water partition coefficient (Wildman–Crippen LogP) is 1.61. The molecule has 0 aliphatic heterocycles. The lowest BCUT2D eigenvalue weighted by atomic mass is 10.1. The normalized spacial score (nSPS) is 12.6. The summed E-state index contributed by atoms with van der Waals surface area (Å²) >= 11 is 0. The van der Waals surface area contributed by atoms with E-state index in [1.54, 1.807) is 0 Å². The summed E-state index contributed by atoms with van der Waals surface area (Å²) in [6.07, 6.45) is 6.63. The topological polar surface area (TPSA) is 83.5 Å². The Kier molecular flexibility index (Phi) is 5.74. The van der Waals surface area contributed by atoms with Crippen molar-refractivity contribution < 1.29 is 18.3 Å². The van der Waals surface area contributed by atoms with Gasteiger partial charge in [0, 0.05) is 0 Å². The highest BCUT2D eigenvalue weighted by atomic mass is 32.2. The molecular weight excluding hydrogens is 278 g/mol. The zero-order chi connectivity index (χ0) is 15.2. The molecule has 1 unspecified atom stereocenters. The van der Waals surface area contributed by atoms with Gasteiger partial charge in [0.25, 0.3) is 0 Å². The van der Waals surface area contributed by atoms with Crippen LogP contribution in [0.25, 0.3) is 0 Å². The molecule has 1 aromatic carbocycles. The second-order valence-corrected chi connectivity index (χ2v) is 6.14. The number of carbonyl (C=O) groups is 1. The van der Waals surface area contributed by atoms with Gasteiger partial charge in [-0.2, -0.15) is 0 Å². The highest BCUT2D eigenvalue weighted by Gasteiger charge is 2.16. The van der Waals surface area contributed by atoms with Crippen LogP contribution in [0, 0.1) is 12.3 Å². The van der Waals surface area contributed by atoms with Crippen LogP contribution in [0.4, 0.5) is 0 Å². The van der Waals surface area contributed by atoms with E-state index in [1.165, 1.54) is 24.3 Å². The fourth-order valence-electron chi connectivity index (χ4n) is 1.69. The Morgan fingerprint density at radius 1 is 1.40 bits per heavy atom. The zero-order valence-corrected chi connectivity index (χ0v) is 12.0. The number of rotatable bonds is 7. The van der Waals surface area contributed by atoms with Crippen LogP contribution in [0.3, 0.4) is 0 Å². The van der Waals surface area contributed by atoms with Gasteiger partial charge >= 0.3 is 5.97 Å². The first-order chi connectivity index (χ1) is 9.38. The number of sulfonamides is 1. The van der Waals surface area contributed by atoms with Crippen LogP contribution < -0.4 is 4.72 Å². The van der Waals surface area contributed by atoms with E-state index in [0.29, 0.717) is 12.0 Å². The first kappa shape index (κ1) is 16.2. The Bertz CT molecular complexity index is 599. The molecule has 20 heavy (non-hydrogen) atoms. The highest BCUT2D eigenvalue weighted by molar-refractivity contribution is 7.88. The number of nitrogens with one attached hydrogen (secondary N) is 1. The van der Waals surface area contributed by atoms with E-state index in [1.807, 2.05) is 6.92 Å². The van der Waals surface area contributed by atoms with Gasteiger partial charge in [-0.15, -0.1) is 6.42 Å². The Labute approximate surface area is 119 Å². The number of hydrogen-bond donors (Lipinski definition) is 2. The van der Waals surface area contributed by atoms with Crippen LogP contribution in [0.2, 0.25) is 0 Å². The molecule has 0 aromatic heterocycles. The predicted molar refractivity (Wildman–Crippen MR) is 76.7 cm³/mol. The van der Waals surface area contributed by atoms with Crippen LogP contribution in [-0.4, -0.2) is 25.5 Å². The maximum Gasteiger partial charge on any atom is 0.335 e. The minimum atomic E-state index is -3.54. The summed E-state index contributed by atoms with van der Waals surface area (Å²) in [7, 11) is -3.54. The van der Waals surface area contributed by atoms with Crippen molar-refractivity contribution in [2.45, 2.75) is 31.6 Å². The fourth-order valence-corrected chi connectivity index (χ4v) is 3.02. The lowest BCUT2D eigenvalue weighted by molar-refractivity contribution is 0.0697. The number of benzene rings is 1. The lowest BCUT2D eigenvalue weighted by Crippen LogP contribution is -2.34. The Morgan fingerprint density at radius 3 is 2.45 bits per heavy atom. The maximum absolute atomic E-state index is 11.9. The third-order valence-electron chi connectivity index (χ3n) is 2.66. The standard InChI is InChI=1S/C14H17NO4S/c1-3-5-13(4-2)15-20(18,19)10-11-6-8-12(9-7-11)14(16)17/h2,6-9,13,15H,3,5,10H2,1H3,(H,16,17). The average molecular weight is 295 g/mol. The fraction of sp³-hybridized carbons (Fsp3) is 0.357. The summed E-state index contributed by atoms with van der Waals surface area (Å²) < 4.78 is 26.3. The smallest absolute Gasteiger partial charge is 0.335 e. The molecule has 0 bridgehead atoms. The molecule has 0 fully saturated rings. The van der Waals surface area contributed by atoms with E-state index < -0.39 is 22.0 Å². The molecule has 0 aliphatic carbocycles. The summed E-state index contributed by atoms with van der Waals surface area (Å²) in [5.74, 6) is 1.13. The molecule has 0 spiro atoms. The SMILES string of the molecule is C#CC(CCC)NS(=O)(=O)Cc1ccc(C(=O)O)cc1. The van der Waals surface area contributed by atoms with Gasteiger partial charge in [0.05, 0.1) is 17.4 Å². The Morgan fingerprint density at radius 2 is 2.00 bits per heavy atom. The minimum Gasteiger partial charge on any atom is -0.478 e. The van der Waals surface area contributed by atoms with Gasteiger partial charge in [-0.1, -0.05) is 31.4 Å². The van der Waals surface area contributed by atoms with Gasteiger partial charge in [0.15, 0.2) is 0 Å². The molecule has 1 aromatic rings. The number of carboxylic acid groups (broad SMARTS) is 1. The van der Waals surface area contributed by atoms with Crippen LogP contribution in [-0.2, 0) is 15.8 Å². The van der Waals surface area contributed by atoms with E-state index in [0.717, 1.165) is 6.42 Å². The van der Waals surface area contributed by atoms with E-state index in [9.17, 15) is 13.2 Å². The molecule has 0 heterocycles. The first-order valence-electron chi connectivity index (χ1n) is 6.16. The summed E-state index contributed by atoms with van der Waals surface area (Å²) in [5, 5.41) is 8.77. The van der Waals surface area contributed by atoms with Crippen molar-refractivity contribution >= 4 is 16.0 Å². The molecule has 2 N–H and O–H groups in total. The van der Waals surface area contributed by atoms with Crippen molar-refractivity contribution in [1.82, 2.24) is 4.72 Å². The monoisotopic (exact) mass is 295 g/mol. The van der Waals surface area contributed by atoms with Crippen LogP contribution in [0.5, 0.6) is 0 Å². The number of carboxylic acids is 1. The molecule has 1 rings (SSSR count). The average Bonchev–Trinajstić information content (AvgIpc) is 2.38. The van der Waals surface area contributed by atoms with Gasteiger partial charge in [0.1, 0.15) is 0 Å². The minimum absolute atomic E-state index is 0.117. The first-order valence-corrected chi connectivity index (χ1v) is 7.81. The molecule has 0 radical (unpaired) electrons. The number of aromatic carboxylic acids is 1. The summed E-state index contributed by atoms with van der Waals surface area (Å²) in [4.78, 5) is 10.7. The van der Waals surface area contributed by atoms with Gasteiger partial charge < -0.3 is 5.11 Å². The zero-order valence-electron chi connectivity index (χ0n) is 11.2. The van der Waals surface area contributed by atoms with E-state index in [2.05, 4.69) is 10.6 Å². The van der Waals surface area contributed by atoms with Crippen molar-refractivity contribution in [2.24, 2.45) is 0 Å². The Balaban J connectivity index is 2.76. The van der Waals surface area contributed by atoms with Crippen molar-refractivity contribution in [2.75, 3.05) is 0 Å². The van der Waals surface area contributed by atoms with Crippen molar-refractivity contribution in [3.05, 3.63) is 35.4 Å². The Hall–Kier alpha value is -1.84. The molecule has 0 amide bonds. The van der Waals surface area contributed by atoms with Gasteiger partial charge in [-0.25, -0.2) is 17.9 Å². The van der Waals surface area contributed by atoms with Crippen LogP contribution >= 0.6 is 0 Å². The molecular formula is C14H17NO4S. The van der Waals surface area contributed by atoms with Crippen molar-refractivity contribution in [3.8, 4) is 12.3 Å².